The van der Waals surface area contributed by atoms with E-state index in [1.54, 1.807) is 20.8 Å². The van der Waals surface area contributed by atoms with E-state index in [0.29, 0.717) is 6.07 Å². The van der Waals surface area contributed by atoms with E-state index in [9.17, 15) is 22.8 Å². The zero-order valence-corrected chi connectivity index (χ0v) is 16.0. The number of nitrogens with zero attached hydrogens (tertiary/aromatic N) is 2. The summed E-state index contributed by atoms with van der Waals surface area (Å²) < 4.78 is 50.0. The Kier molecular flexibility index (Phi) is 5.92. The second-order valence-electron chi connectivity index (χ2n) is 7.17. The van der Waals surface area contributed by atoms with Crippen LogP contribution in [0, 0.1) is 12.0 Å². The third-order valence-electron chi connectivity index (χ3n) is 4.54. The highest BCUT2D eigenvalue weighted by molar-refractivity contribution is 5.89. The fraction of sp³-hybridized carbons (Fsp3) is 0.526. The van der Waals surface area contributed by atoms with Gasteiger partial charge in [0.1, 0.15) is 11.8 Å². The van der Waals surface area contributed by atoms with Gasteiger partial charge >= 0.3 is 12.1 Å². The van der Waals surface area contributed by atoms with Crippen LogP contribution < -0.4 is 4.74 Å². The summed E-state index contributed by atoms with van der Waals surface area (Å²) in [6.07, 6.45) is -5.80. The molecule has 0 saturated carbocycles. The van der Waals surface area contributed by atoms with Crippen molar-refractivity contribution in [3.8, 4) is 5.75 Å². The number of rotatable bonds is 5. The molecule has 2 atom stereocenters. The predicted molar refractivity (Wildman–Crippen MR) is 93.7 cm³/mol. The van der Waals surface area contributed by atoms with Crippen molar-refractivity contribution >= 4 is 17.6 Å². The summed E-state index contributed by atoms with van der Waals surface area (Å²) in [6.45, 7) is 13.9. The number of alkyl halides is 3. The van der Waals surface area contributed by atoms with E-state index in [1.807, 2.05) is 0 Å². The molecule has 9 heteroatoms. The van der Waals surface area contributed by atoms with Crippen LogP contribution in [-0.4, -0.2) is 42.1 Å². The Labute approximate surface area is 161 Å². The molecule has 28 heavy (non-hydrogen) atoms. The van der Waals surface area contributed by atoms with Crippen molar-refractivity contribution in [1.82, 2.24) is 4.90 Å². The van der Waals surface area contributed by atoms with Gasteiger partial charge in [-0.2, -0.15) is 13.2 Å². The highest BCUT2D eigenvalue weighted by Crippen LogP contribution is 2.40. The van der Waals surface area contributed by atoms with E-state index in [4.69, 9.17) is 16.0 Å². The average Bonchev–Trinajstić information content (AvgIpc) is 2.84. The van der Waals surface area contributed by atoms with E-state index in [2.05, 4.69) is 4.85 Å². The minimum Gasteiger partial charge on any atom is -0.480 e. The minimum atomic E-state index is -4.72. The molecule has 1 aliphatic heterocycles. The summed E-state index contributed by atoms with van der Waals surface area (Å²) in [5.74, 6) is -1.24. The first-order valence-electron chi connectivity index (χ1n) is 8.65. The van der Waals surface area contributed by atoms with Gasteiger partial charge in [-0.05, 0) is 26.0 Å². The maximum Gasteiger partial charge on any atom is 0.407 e. The average molecular weight is 398 g/mol. The van der Waals surface area contributed by atoms with E-state index < -0.39 is 46.9 Å². The third-order valence-corrected chi connectivity index (χ3v) is 4.54. The first-order valence-corrected chi connectivity index (χ1v) is 8.65. The van der Waals surface area contributed by atoms with Crippen molar-refractivity contribution in [3.63, 3.8) is 0 Å². The molecule has 1 aliphatic rings. The Balaban J connectivity index is 2.30. The Hall–Kier alpha value is -2.76. The number of ether oxygens (including phenoxy) is 2. The quantitative estimate of drug-likeness (QED) is 0.559. The lowest BCUT2D eigenvalue weighted by Gasteiger charge is -2.25. The van der Waals surface area contributed by atoms with Crippen molar-refractivity contribution < 1.29 is 32.2 Å². The number of hydrogen-bond acceptors (Lipinski definition) is 4. The number of benzene rings is 1. The summed E-state index contributed by atoms with van der Waals surface area (Å²) in [5.41, 5.74) is -2.43. The van der Waals surface area contributed by atoms with Gasteiger partial charge in [-0.3, -0.25) is 4.79 Å². The molecule has 0 aromatic heterocycles. The van der Waals surface area contributed by atoms with Crippen LogP contribution in [0.4, 0.5) is 18.9 Å². The van der Waals surface area contributed by atoms with Gasteiger partial charge in [0.15, 0.2) is 11.8 Å². The fourth-order valence-electron chi connectivity index (χ4n) is 3.06. The van der Waals surface area contributed by atoms with Crippen LogP contribution in [0.1, 0.15) is 33.3 Å². The second kappa shape index (κ2) is 7.70. The Morgan fingerprint density at radius 2 is 2.07 bits per heavy atom. The Bertz CT molecular complexity index is 814. The van der Waals surface area contributed by atoms with E-state index in [-0.39, 0.29) is 18.9 Å². The van der Waals surface area contributed by atoms with Crippen LogP contribution in [-0.2, 0) is 20.5 Å². The predicted octanol–water partition coefficient (Wildman–Crippen LogP) is 3.82. The largest absolute Gasteiger partial charge is 0.480 e. The van der Waals surface area contributed by atoms with Gasteiger partial charge < -0.3 is 14.4 Å². The molecule has 152 valence electrons. The smallest absolute Gasteiger partial charge is 0.407 e. The lowest BCUT2D eigenvalue weighted by atomic mass is 9.89. The number of likely N-dealkylation sites (tertiary alicyclic amines) is 1. The summed E-state index contributed by atoms with van der Waals surface area (Å²) in [4.78, 5) is 28.9. The number of halogens is 3. The Morgan fingerprint density at radius 1 is 1.43 bits per heavy atom. The third kappa shape index (κ3) is 4.21. The molecule has 2 unspecified atom stereocenters. The summed E-state index contributed by atoms with van der Waals surface area (Å²) in [6, 6.07) is 2.12. The van der Waals surface area contributed by atoms with Crippen LogP contribution in [0.15, 0.2) is 18.2 Å². The maximum atomic E-state index is 13.2. The monoisotopic (exact) mass is 398 g/mol. The van der Waals surface area contributed by atoms with Crippen LogP contribution >= 0.6 is 0 Å². The minimum absolute atomic E-state index is 0.169. The molecule has 1 fully saturated rings. The molecule has 1 aromatic rings. The molecule has 1 heterocycles. The first kappa shape index (κ1) is 21.5. The van der Waals surface area contributed by atoms with Gasteiger partial charge in [0, 0.05) is 12.0 Å². The highest BCUT2D eigenvalue weighted by Gasteiger charge is 2.51. The van der Waals surface area contributed by atoms with Crippen molar-refractivity contribution in [2.45, 2.75) is 46.0 Å². The standard InChI is InChI=1S/C19H21F3N2O4/c1-6-27-17(26)11(2)24-10-18(3,4)15(16(24)25)28-12-7-8-14(23-5)13(9-12)19(20,21)22/h7-9,11,15H,6,10H2,1-4H3. The molecular formula is C19H21F3N2O4. The molecule has 0 bridgehead atoms. The number of hydrogen-bond donors (Lipinski definition) is 0. The first-order chi connectivity index (χ1) is 12.9. The lowest BCUT2D eigenvalue weighted by molar-refractivity contribution is -0.153. The molecule has 1 saturated heterocycles. The van der Waals surface area contributed by atoms with E-state index in [0.717, 1.165) is 6.07 Å². The zero-order chi connectivity index (χ0) is 21.3. The molecule has 2 rings (SSSR count). The molecule has 0 radical (unpaired) electrons. The van der Waals surface area contributed by atoms with Gasteiger partial charge in [0.2, 0.25) is 0 Å². The molecular weight excluding hydrogens is 377 g/mol. The molecule has 0 aliphatic carbocycles. The van der Waals surface area contributed by atoms with Crippen LogP contribution in [0.5, 0.6) is 5.75 Å². The normalized spacial score (nSPS) is 19.9. The van der Waals surface area contributed by atoms with Gasteiger partial charge in [-0.1, -0.05) is 19.9 Å². The van der Waals surface area contributed by atoms with Crippen LogP contribution in [0.25, 0.3) is 4.85 Å². The molecule has 0 spiro atoms. The number of carbonyl (C=O) groups is 2. The van der Waals surface area contributed by atoms with Crippen molar-refractivity contribution in [3.05, 3.63) is 35.2 Å². The Morgan fingerprint density at radius 3 is 2.61 bits per heavy atom. The molecule has 1 amide bonds. The topological polar surface area (TPSA) is 60.2 Å². The van der Waals surface area contributed by atoms with E-state index >= 15 is 0 Å². The second-order valence-corrected chi connectivity index (χ2v) is 7.17. The van der Waals surface area contributed by atoms with Gasteiger partial charge in [0.25, 0.3) is 5.91 Å². The summed E-state index contributed by atoms with van der Waals surface area (Å²) >= 11 is 0. The lowest BCUT2D eigenvalue weighted by Crippen LogP contribution is -2.43. The fourth-order valence-corrected chi connectivity index (χ4v) is 3.06. The number of esters is 1. The van der Waals surface area contributed by atoms with Gasteiger partial charge in [-0.25, -0.2) is 9.64 Å². The maximum absolute atomic E-state index is 13.2. The van der Waals surface area contributed by atoms with Crippen molar-refractivity contribution in [2.75, 3.05) is 13.2 Å². The zero-order valence-electron chi connectivity index (χ0n) is 16.0. The summed E-state index contributed by atoms with van der Waals surface area (Å²) in [5, 5.41) is 0. The molecule has 6 nitrogen and oxygen atoms in total. The van der Waals surface area contributed by atoms with Crippen molar-refractivity contribution in [1.29, 1.82) is 0 Å². The SMILES string of the molecule is [C-]#[N+]c1ccc(OC2C(=O)N(C(C)C(=O)OCC)CC2(C)C)cc1C(F)(F)F. The molecule has 1 aromatic carbocycles. The summed E-state index contributed by atoms with van der Waals surface area (Å²) in [7, 11) is 0. The van der Waals surface area contributed by atoms with Crippen molar-refractivity contribution in [2.24, 2.45) is 5.41 Å². The molecule has 0 N–H and O–H groups in total. The highest BCUT2D eigenvalue weighted by atomic mass is 19.4. The van der Waals surface area contributed by atoms with Crippen LogP contribution in [0.2, 0.25) is 0 Å². The van der Waals surface area contributed by atoms with Gasteiger partial charge in [-0.15, -0.1) is 0 Å². The van der Waals surface area contributed by atoms with Crippen LogP contribution in [0.3, 0.4) is 0 Å². The van der Waals surface area contributed by atoms with Gasteiger partial charge in [0.05, 0.1) is 18.7 Å². The number of amides is 1. The van der Waals surface area contributed by atoms with E-state index in [1.165, 1.54) is 17.9 Å². The number of carbonyl (C=O) groups excluding carboxylic acids is 2.